The molecule has 0 unspecified atom stereocenters. The summed E-state index contributed by atoms with van der Waals surface area (Å²) in [7, 11) is 0. The molecule has 0 aromatic heterocycles. The van der Waals surface area contributed by atoms with E-state index in [4.69, 9.17) is 37.9 Å². The predicted octanol–water partition coefficient (Wildman–Crippen LogP) is 1.01. The van der Waals surface area contributed by atoms with Crippen LogP contribution in [-0.4, -0.2) is 112 Å². The highest BCUT2D eigenvalue weighted by molar-refractivity contribution is 4.67. The quantitative estimate of drug-likeness (QED) is 0.187. The monoisotopic (exact) mass is 435 g/mol. The largest absolute Gasteiger partial charge is 0.499 e. The van der Waals surface area contributed by atoms with E-state index in [0.717, 1.165) is 25.9 Å². The van der Waals surface area contributed by atoms with Crippen molar-refractivity contribution >= 4 is 0 Å². The van der Waals surface area contributed by atoms with E-state index >= 15 is 0 Å². The normalized spacial score (nSPS) is 14.8. The Kier molecular flexibility index (Phi) is 20.8. The fraction of sp³-hybridized carbons (Fsp3) is 0.905. The smallest absolute Gasteiger partial charge is 0.111 e. The van der Waals surface area contributed by atoms with Gasteiger partial charge in [-0.05, 0) is 25.9 Å². The van der Waals surface area contributed by atoms with Crippen LogP contribution in [0.1, 0.15) is 12.8 Å². The lowest BCUT2D eigenvalue weighted by Crippen LogP contribution is -2.33. The molecule has 0 atom stereocenters. The molecule has 1 fully saturated rings. The van der Waals surface area contributed by atoms with Crippen LogP contribution in [0.25, 0.3) is 0 Å². The van der Waals surface area contributed by atoms with E-state index in [1.165, 1.54) is 6.26 Å². The molecule has 0 aromatic rings. The third-order valence-corrected chi connectivity index (χ3v) is 4.19. The van der Waals surface area contributed by atoms with Crippen molar-refractivity contribution in [3.05, 3.63) is 12.8 Å². The lowest BCUT2D eigenvalue weighted by Gasteiger charge is -2.22. The van der Waals surface area contributed by atoms with Crippen molar-refractivity contribution in [3.8, 4) is 0 Å². The number of ether oxygens (including phenoxy) is 8. The van der Waals surface area contributed by atoms with Crippen LogP contribution in [-0.2, 0) is 37.9 Å². The van der Waals surface area contributed by atoms with Gasteiger partial charge in [-0.1, -0.05) is 6.58 Å². The van der Waals surface area contributed by atoms with Crippen LogP contribution in [0.5, 0.6) is 0 Å². The van der Waals surface area contributed by atoms with E-state index in [9.17, 15) is 0 Å². The molecule has 0 amide bonds. The highest BCUT2D eigenvalue weighted by atomic mass is 16.6. The zero-order valence-corrected chi connectivity index (χ0v) is 18.4. The van der Waals surface area contributed by atoms with Gasteiger partial charge in [-0.2, -0.15) is 0 Å². The second kappa shape index (κ2) is 22.9. The van der Waals surface area contributed by atoms with Crippen LogP contribution in [0, 0.1) is 0 Å². The molecule has 0 aliphatic carbocycles. The second-order valence-corrected chi connectivity index (χ2v) is 6.53. The lowest BCUT2D eigenvalue weighted by atomic mass is 10.1. The van der Waals surface area contributed by atoms with Crippen molar-refractivity contribution in [2.75, 3.05) is 106 Å². The standard InChI is InChI=1S/C21H41NO8/c1-2-23-7-8-24-9-10-25-11-12-26-13-14-27-15-16-28-17-18-29-19-20-30-21-3-5-22-6-4-21/h2,21-22H,1,3-20H2. The SMILES string of the molecule is C=COCCOCCOCCOCCOCCOCCOCCOC1CCNCC1. The van der Waals surface area contributed by atoms with Gasteiger partial charge in [0.15, 0.2) is 0 Å². The minimum atomic E-state index is 0.382. The molecule has 1 aliphatic rings. The Labute approximate surface area is 181 Å². The predicted molar refractivity (Wildman–Crippen MR) is 113 cm³/mol. The van der Waals surface area contributed by atoms with Gasteiger partial charge in [0.25, 0.3) is 0 Å². The van der Waals surface area contributed by atoms with E-state index in [0.29, 0.717) is 98.6 Å². The fourth-order valence-electron chi connectivity index (χ4n) is 2.63. The topological polar surface area (TPSA) is 85.9 Å². The van der Waals surface area contributed by atoms with E-state index in [-0.39, 0.29) is 0 Å². The Morgan fingerprint density at radius 1 is 0.567 bits per heavy atom. The van der Waals surface area contributed by atoms with Gasteiger partial charge in [-0.3, -0.25) is 0 Å². The van der Waals surface area contributed by atoms with Crippen molar-refractivity contribution in [2.24, 2.45) is 0 Å². The molecular weight excluding hydrogens is 394 g/mol. The maximum Gasteiger partial charge on any atom is 0.111 e. The first-order valence-corrected chi connectivity index (χ1v) is 10.9. The van der Waals surface area contributed by atoms with E-state index in [2.05, 4.69) is 11.9 Å². The summed E-state index contributed by atoms with van der Waals surface area (Å²) in [6.07, 6.45) is 3.96. The van der Waals surface area contributed by atoms with Crippen molar-refractivity contribution < 1.29 is 37.9 Å². The van der Waals surface area contributed by atoms with E-state index in [1.807, 2.05) is 0 Å². The summed E-state index contributed by atoms with van der Waals surface area (Å²) < 4.78 is 43.2. The molecule has 1 rings (SSSR count). The van der Waals surface area contributed by atoms with Crippen molar-refractivity contribution in [1.82, 2.24) is 5.32 Å². The van der Waals surface area contributed by atoms with Crippen LogP contribution >= 0.6 is 0 Å². The number of nitrogens with one attached hydrogen (secondary N) is 1. The minimum Gasteiger partial charge on any atom is -0.499 e. The number of rotatable bonds is 23. The van der Waals surface area contributed by atoms with Gasteiger partial charge >= 0.3 is 0 Å². The summed E-state index contributed by atoms with van der Waals surface area (Å²) in [5.41, 5.74) is 0. The molecule has 9 heteroatoms. The minimum absolute atomic E-state index is 0.382. The van der Waals surface area contributed by atoms with Gasteiger partial charge in [0, 0.05) is 0 Å². The molecule has 178 valence electrons. The summed E-state index contributed by atoms with van der Waals surface area (Å²) >= 11 is 0. The maximum absolute atomic E-state index is 5.77. The van der Waals surface area contributed by atoms with Crippen LogP contribution in [0.15, 0.2) is 12.8 Å². The van der Waals surface area contributed by atoms with E-state index < -0.39 is 0 Å². The molecule has 1 aliphatic heterocycles. The lowest BCUT2D eigenvalue weighted by molar-refractivity contribution is -0.0309. The number of piperidine rings is 1. The Balaban J connectivity index is 1.63. The molecular formula is C21H41NO8. The second-order valence-electron chi connectivity index (χ2n) is 6.53. The zero-order valence-electron chi connectivity index (χ0n) is 18.4. The summed E-state index contributed by atoms with van der Waals surface area (Å²) in [5, 5.41) is 3.32. The molecule has 9 nitrogen and oxygen atoms in total. The van der Waals surface area contributed by atoms with Crippen molar-refractivity contribution in [1.29, 1.82) is 0 Å². The Bertz CT molecular complexity index is 356. The number of hydrogen-bond acceptors (Lipinski definition) is 9. The Hall–Kier alpha value is -0.780. The van der Waals surface area contributed by atoms with Gasteiger partial charge < -0.3 is 43.2 Å². The van der Waals surface area contributed by atoms with Crippen LogP contribution in [0.3, 0.4) is 0 Å². The summed E-state index contributed by atoms with van der Waals surface area (Å²) in [6.45, 7) is 13.3. The Morgan fingerprint density at radius 2 is 0.933 bits per heavy atom. The summed E-state index contributed by atoms with van der Waals surface area (Å²) in [6, 6.07) is 0. The first kappa shape index (κ1) is 27.3. The van der Waals surface area contributed by atoms with Crippen LogP contribution in [0.4, 0.5) is 0 Å². The van der Waals surface area contributed by atoms with Gasteiger partial charge in [0.1, 0.15) is 6.61 Å². The van der Waals surface area contributed by atoms with Crippen LogP contribution < -0.4 is 5.32 Å². The molecule has 0 radical (unpaired) electrons. The third kappa shape index (κ3) is 19.2. The average molecular weight is 436 g/mol. The molecule has 1 saturated heterocycles. The Morgan fingerprint density at radius 3 is 1.33 bits per heavy atom. The van der Waals surface area contributed by atoms with E-state index in [1.54, 1.807) is 0 Å². The fourth-order valence-corrected chi connectivity index (χ4v) is 2.63. The third-order valence-electron chi connectivity index (χ3n) is 4.19. The van der Waals surface area contributed by atoms with Crippen molar-refractivity contribution in [2.45, 2.75) is 18.9 Å². The van der Waals surface area contributed by atoms with Gasteiger partial charge in [0.05, 0.1) is 98.3 Å². The molecule has 0 spiro atoms. The summed E-state index contributed by atoms with van der Waals surface area (Å²) in [4.78, 5) is 0. The van der Waals surface area contributed by atoms with Gasteiger partial charge in [0.2, 0.25) is 0 Å². The molecule has 0 saturated carbocycles. The zero-order chi connectivity index (χ0) is 21.4. The molecule has 30 heavy (non-hydrogen) atoms. The maximum atomic E-state index is 5.77. The van der Waals surface area contributed by atoms with Crippen molar-refractivity contribution in [3.63, 3.8) is 0 Å². The van der Waals surface area contributed by atoms with Gasteiger partial charge in [-0.25, -0.2) is 0 Å². The van der Waals surface area contributed by atoms with Gasteiger partial charge in [-0.15, -0.1) is 0 Å². The molecule has 1 heterocycles. The first-order chi connectivity index (χ1) is 14.9. The highest BCUT2D eigenvalue weighted by Gasteiger charge is 2.12. The summed E-state index contributed by atoms with van der Waals surface area (Å²) in [5.74, 6) is 0. The molecule has 0 bridgehead atoms. The first-order valence-electron chi connectivity index (χ1n) is 10.9. The average Bonchev–Trinajstić information content (AvgIpc) is 2.78. The number of hydrogen-bond donors (Lipinski definition) is 1. The van der Waals surface area contributed by atoms with Crippen LogP contribution in [0.2, 0.25) is 0 Å². The molecule has 1 N–H and O–H groups in total. The molecule has 0 aromatic carbocycles. The highest BCUT2D eigenvalue weighted by Crippen LogP contribution is 2.06.